The number of fused-ring (bicyclic) bond motifs is 2. The van der Waals surface area contributed by atoms with Crippen molar-refractivity contribution in [2.75, 3.05) is 0 Å². The summed E-state index contributed by atoms with van der Waals surface area (Å²) < 4.78 is 84.9. The second-order valence-corrected chi connectivity index (χ2v) is 10.1. The number of carbonyl (C=O) groups excluding carboxylic acids is 1. The molecule has 4 nitrogen and oxygen atoms in total. The molecule has 0 spiro atoms. The number of nitrogens with zero attached hydrogens (tertiary/aromatic N) is 1. The summed E-state index contributed by atoms with van der Waals surface area (Å²) in [6.07, 6.45) is -8.25. The topological polar surface area (TPSA) is 59.4 Å². The molecule has 1 aromatic heterocycles. The Balaban J connectivity index is 1.82. The van der Waals surface area contributed by atoms with E-state index in [-0.39, 0.29) is 41.0 Å². The van der Waals surface area contributed by atoms with E-state index in [0.29, 0.717) is 30.4 Å². The zero-order valence-electron chi connectivity index (χ0n) is 20.1. The number of halogens is 6. The van der Waals surface area contributed by atoms with Crippen molar-refractivity contribution in [3.8, 4) is 11.6 Å². The lowest BCUT2D eigenvalue weighted by Gasteiger charge is -2.45. The number of aromatic nitrogens is 1. The molecule has 2 aliphatic carbocycles. The van der Waals surface area contributed by atoms with Crippen LogP contribution in [0.1, 0.15) is 62.8 Å². The van der Waals surface area contributed by atoms with Crippen LogP contribution in [0.3, 0.4) is 0 Å². The minimum absolute atomic E-state index is 0.0523. The number of aliphatic hydroxyl groups excluding tert-OH is 1. The predicted molar refractivity (Wildman–Crippen MR) is 119 cm³/mol. The summed E-state index contributed by atoms with van der Waals surface area (Å²) in [7, 11) is 0. The zero-order chi connectivity index (χ0) is 26.8. The van der Waals surface area contributed by atoms with Crippen molar-refractivity contribution in [1.82, 2.24) is 4.98 Å². The first kappa shape index (κ1) is 26.0. The predicted octanol–water partition coefficient (Wildman–Crippen LogP) is 7.77. The summed E-state index contributed by atoms with van der Waals surface area (Å²) >= 11 is 0. The quantitative estimate of drug-likeness (QED) is 0.425. The van der Waals surface area contributed by atoms with E-state index in [1.807, 2.05) is 27.7 Å². The molecule has 1 heterocycles. The summed E-state index contributed by atoms with van der Waals surface area (Å²) in [6, 6.07) is 4.19. The summed E-state index contributed by atoms with van der Waals surface area (Å²) in [5.41, 5.74) is -3.29. The molecule has 2 aliphatic rings. The van der Waals surface area contributed by atoms with Gasteiger partial charge in [0.15, 0.2) is 5.78 Å². The molecule has 10 heteroatoms. The van der Waals surface area contributed by atoms with E-state index in [1.54, 1.807) is 6.07 Å². The molecule has 0 radical (unpaired) electrons. The summed E-state index contributed by atoms with van der Waals surface area (Å²) in [5.74, 6) is -1.86. The molecule has 1 N–H and O–H groups in total. The summed E-state index contributed by atoms with van der Waals surface area (Å²) in [5, 5.41) is 11.3. The molecule has 1 saturated carbocycles. The van der Waals surface area contributed by atoms with Gasteiger partial charge in [-0.25, -0.2) is 4.98 Å². The fraction of sp³-hybridized carbons (Fsp3) is 0.462. The van der Waals surface area contributed by atoms with Crippen molar-refractivity contribution in [2.45, 2.75) is 59.3 Å². The monoisotopic (exact) mass is 513 g/mol. The first-order valence-electron chi connectivity index (χ1n) is 11.5. The highest BCUT2D eigenvalue weighted by atomic mass is 19.4. The molecule has 0 saturated heterocycles. The Bertz CT molecular complexity index is 1260. The lowest BCUT2D eigenvalue weighted by molar-refractivity contribution is -0.144. The Morgan fingerprint density at radius 2 is 1.75 bits per heavy atom. The number of alkyl halides is 6. The normalized spacial score (nSPS) is 23.8. The van der Waals surface area contributed by atoms with Crippen molar-refractivity contribution in [3.05, 3.63) is 58.5 Å². The first-order valence-corrected chi connectivity index (χ1v) is 11.5. The largest absolute Gasteiger partial charge is 0.511 e. The molecule has 0 aliphatic heterocycles. The highest BCUT2D eigenvalue weighted by Gasteiger charge is 2.61. The highest BCUT2D eigenvalue weighted by Crippen LogP contribution is 2.64. The van der Waals surface area contributed by atoms with Crippen LogP contribution in [0.25, 0.3) is 5.57 Å². The van der Waals surface area contributed by atoms with Crippen LogP contribution in [-0.4, -0.2) is 15.9 Å². The van der Waals surface area contributed by atoms with Gasteiger partial charge in [-0.15, -0.1) is 0 Å². The third-order valence-electron chi connectivity index (χ3n) is 7.98. The third-order valence-corrected chi connectivity index (χ3v) is 7.98. The minimum Gasteiger partial charge on any atom is -0.511 e. The molecule has 4 rings (SSSR count). The number of Topliss-reactive ketones (excluding diaryl/α,β-unsaturated/α-hetero) is 1. The fourth-order valence-electron chi connectivity index (χ4n) is 5.37. The van der Waals surface area contributed by atoms with E-state index in [9.17, 15) is 36.2 Å². The zero-order valence-corrected chi connectivity index (χ0v) is 20.1. The third kappa shape index (κ3) is 3.94. The van der Waals surface area contributed by atoms with Crippen molar-refractivity contribution in [1.29, 1.82) is 0 Å². The van der Waals surface area contributed by atoms with Crippen molar-refractivity contribution >= 4 is 11.4 Å². The molecule has 2 aromatic rings. The van der Waals surface area contributed by atoms with Crippen LogP contribution in [0.5, 0.6) is 11.6 Å². The Labute approximate surface area is 204 Å². The van der Waals surface area contributed by atoms with Gasteiger partial charge in [0, 0.05) is 17.5 Å². The lowest BCUT2D eigenvalue weighted by Crippen LogP contribution is -2.43. The first-order chi connectivity index (χ1) is 16.5. The molecule has 0 amide bonds. The van der Waals surface area contributed by atoms with Gasteiger partial charge in [-0.1, -0.05) is 33.8 Å². The lowest BCUT2D eigenvalue weighted by atomic mass is 9.58. The van der Waals surface area contributed by atoms with Crippen LogP contribution in [0.15, 0.2) is 36.2 Å². The van der Waals surface area contributed by atoms with Crippen molar-refractivity contribution in [3.63, 3.8) is 0 Å². The number of aryl methyl sites for hydroxylation is 1. The van der Waals surface area contributed by atoms with E-state index in [0.717, 1.165) is 0 Å². The maximum Gasteiger partial charge on any atom is 0.421 e. The van der Waals surface area contributed by atoms with Crippen LogP contribution < -0.4 is 4.74 Å². The smallest absolute Gasteiger partial charge is 0.421 e. The van der Waals surface area contributed by atoms with Gasteiger partial charge in [-0.3, -0.25) is 4.79 Å². The van der Waals surface area contributed by atoms with Gasteiger partial charge >= 0.3 is 12.4 Å². The molecule has 1 aromatic carbocycles. The number of ketones is 1. The maximum absolute atomic E-state index is 13.5. The van der Waals surface area contributed by atoms with Gasteiger partial charge in [0.2, 0.25) is 5.88 Å². The molecule has 2 atom stereocenters. The van der Waals surface area contributed by atoms with Crippen LogP contribution in [0.4, 0.5) is 26.3 Å². The molecule has 36 heavy (non-hydrogen) atoms. The minimum atomic E-state index is -5.16. The number of hydrogen-bond donors (Lipinski definition) is 1. The van der Waals surface area contributed by atoms with E-state index >= 15 is 0 Å². The Kier molecular flexibility index (Phi) is 5.96. The molecule has 1 fully saturated rings. The van der Waals surface area contributed by atoms with Crippen molar-refractivity contribution < 1.29 is 41.0 Å². The maximum atomic E-state index is 13.5. The van der Waals surface area contributed by atoms with Gasteiger partial charge in [-0.05, 0) is 54.0 Å². The number of allylic oxidation sites excluding steroid dienone is 2. The molecule has 0 unspecified atom stereocenters. The van der Waals surface area contributed by atoms with E-state index < -0.39 is 40.2 Å². The van der Waals surface area contributed by atoms with E-state index in [1.165, 1.54) is 12.1 Å². The van der Waals surface area contributed by atoms with Crippen LogP contribution in [-0.2, 0) is 23.6 Å². The SMILES string of the molecule is CCc1ccc(Oc2ncc(C(F)(F)F)cc2C(F)(F)F)cc1C1=C(O)[C@@]2(C)CC[C@@H](C1=O)C2(C)C. The molecule has 2 bridgehead atoms. The van der Waals surface area contributed by atoms with Crippen LogP contribution in [0, 0.1) is 16.7 Å². The Morgan fingerprint density at radius 3 is 2.33 bits per heavy atom. The Hall–Kier alpha value is -3.04. The number of benzene rings is 1. The van der Waals surface area contributed by atoms with Crippen molar-refractivity contribution in [2.24, 2.45) is 16.7 Å². The molecular weight excluding hydrogens is 488 g/mol. The Morgan fingerprint density at radius 1 is 1.08 bits per heavy atom. The van der Waals surface area contributed by atoms with E-state index in [2.05, 4.69) is 4.98 Å². The number of carbonyl (C=O) groups is 1. The van der Waals surface area contributed by atoms with Crippen LogP contribution in [0.2, 0.25) is 0 Å². The van der Waals surface area contributed by atoms with Gasteiger partial charge < -0.3 is 9.84 Å². The van der Waals surface area contributed by atoms with Gasteiger partial charge in [0.25, 0.3) is 0 Å². The number of pyridine rings is 1. The standard InChI is InChI=1S/C26H25F6NO3/c1-5-13-6-7-15(36-22-18(26(30,31)32)10-14(12-33-22)25(27,28)29)11-16(13)19-20(34)17-8-9-24(4,21(19)35)23(17,2)3/h6-7,10-12,17,35H,5,8-9H2,1-4H3/t17-,24+/m0/s1. The number of aliphatic hydroxyl groups is 1. The number of hydrogen-bond acceptors (Lipinski definition) is 4. The number of rotatable bonds is 4. The van der Waals surface area contributed by atoms with Gasteiger partial charge in [0.1, 0.15) is 17.1 Å². The molecular formula is C26H25F6NO3. The van der Waals surface area contributed by atoms with Crippen LogP contribution >= 0.6 is 0 Å². The average Bonchev–Trinajstić information content (AvgIpc) is 2.95. The summed E-state index contributed by atoms with van der Waals surface area (Å²) in [6.45, 7) is 7.59. The number of ether oxygens (including phenoxy) is 1. The van der Waals surface area contributed by atoms with E-state index in [4.69, 9.17) is 4.74 Å². The average molecular weight is 513 g/mol. The second kappa shape index (κ2) is 8.24. The van der Waals surface area contributed by atoms with Gasteiger partial charge in [-0.2, -0.15) is 26.3 Å². The van der Waals surface area contributed by atoms with Gasteiger partial charge in [0.05, 0.1) is 11.1 Å². The molecule has 194 valence electrons. The summed E-state index contributed by atoms with van der Waals surface area (Å²) in [4.78, 5) is 16.8. The fourth-order valence-corrected chi connectivity index (χ4v) is 5.37. The second-order valence-electron chi connectivity index (χ2n) is 10.1. The highest BCUT2D eigenvalue weighted by molar-refractivity contribution is 6.24.